The van der Waals surface area contributed by atoms with Gasteiger partial charge in [-0.05, 0) is 48.5 Å². The van der Waals surface area contributed by atoms with Crippen molar-refractivity contribution in [1.29, 1.82) is 0 Å². The van der Waals surface area contributed by atoms with Crippen LogP contribution in [0.5, 0.6) is 0 Å². The van der Waals surface area contributed by atoms with Crippen molar-refractivity contribution in [2.45, 2.75) is 4.90 Å². The Morgan fingerprint density at radius 1 is 0.714 bits per heavy atom. The molecule has 0 radical (unpaired) electrons. The van der Waals surface area contributed by atoms with Gasteiger partial charge in [-0.3, -0.25) is 9.59 Å². The van der Waals surface area contributed by atoms with Crippen LogP contribution in [-0.2, 0) is 0 Å². The first-order valence-corrected chi connectivity index (χ1v) is 9.68. The van der Waals surface area contributed by atoms with E-state index in [9.17, 15) is 9.59 Å². The summed E-state index contributed by atoms with van der Waals surface area (Å²) in [5.74, 6) is -0.0328. The standard InChI is InChI=1S/C22H21N3O2S/c26-21(17-7-9-18(10-8-17)23-11-3-4-12-23)24-13-15-25(16-14-24)22(27)19-5-1-2-6-20(19)28/h1-12,28H,13-16H2. The van der Waals surface area contributed by atoms with Crippen LogP contribution in [0, 0.1) is 0 Å². The molecule has 1 aliphatic heterocycles. The molecule has 0 bridgehead atoms. The summed E-state index contributed by atoms with van der Waals surface area (Å²) >= 11 is 4.37. The van der Waals surface area contributed by atoms with Crippen molar-refractivity contribution in [1.82, 2.24) is 14.4 Å². The quantitative estimate of drug-likeness (QED) is 0.696. The number of rotatable bonds is 3. The summed E-state index contributed by atoms with van der Waals surface area (Å²) in [4.78, 5) is 29.8. The minimum absolute atomic E-state index is 0.000695. The van der Waals surface area contributed by atoms with Gasteiger partial charge in [0.2, 0.25) is 0 Å². The van der Waals surface area contributed by atoms with Gasteiger partial charge in [-0.25, -0.2) is 0 Å². The highest BCUT2D eigenvalue weighted by molar-refractivity contribution is 7.80. The van der Waals surface area contributed by atoms with Gasteiger partial charge in [0.25, 0.3) is 11.8 Å². The Hall–Kier alpha value is -2.99. The predicted molar refractivity (Wildman–Crippen MR) is 111 cm³/mol. The van der Waals surface area contributed by atoms with E-state index in [2.05, 4.69) is 12.6 Å². The second-order valence-corrected chi connectivity index (χ2v) is 7.22. The van der Waals surface area contributed by atoms with E-state index < -0.39 is 0 Å². The fourth-order valence-corrected chi connectivity index (χ4v) is 3.66. The number of aromatic nitrogens is 1. The highest BCUT2D eigenvalue weighted by Crippen LogP contribution is 2.18. The fourth-order valence-electron chi connectivity index (χ4n) is 3.40. The molecule has 0 atom stereocenters. The van der Waals surface area contributed by atoms with Gasteiger partial charge in [-0.15, -0.1) is 12.6 Å². The van der Waals surface area contributed by atoms with E-state index in [4.69, 9.17) is 0 Å². The molecule has 0 unspecified atom stereocenters. The molecule has 1 fully saturated rings. The Bertz CT molecular complexity index is 975. The molecule has 4 rings (SSSR count). The summed E-state index contributed by atoms with van der Waals surface area (Å²) < 4.78 is 2.00. The summed E-state index contributed by atoms with van der Waals surface area (Å²) in [6.07, 6.45) is 3.94. The summed E-state index contributed by atoms with van der Waals surface area (Å²) in [7, 11) is 0. The van der Waals surface area contributed by atoms with E-state index in [1.807, 2.05) is 71.6 Å². The molecule has 0 N–H and O–H groups in total. The average Bonchev–Trinajstić information content (AvgIpc) is 3.28. The highest BCUT2D eigenvalue weighted by Gasteiger charge is 2.26. The van der Waals surface area contributed by atoms with Crippen molar-refractivity contribution in [2.75, 3.05) is 26.2 Å². The van der Waals surface area contributed by atoms with Crippen LogP contribution < -0.4 is 0 Å². The van der Waals surface area contributed by atoms with Crippen molar-refractivity contribution in [3.05, 3.63) is 84.2 Å². The Kier molecular flexibility index (Phi) is 5.21. The highest BCUT2D eigenvalue weighted by atomic mass is 32.1. The number of hydrogen-bond acceptors (Lipinski definition) is 3. The van der Waals surface area contributed by atoms with Gasteiger partial charge in [-0.1, -0.05) is 12.1 Å². The Morgan fingerprint density at radius 2 is 1.29 bits per heavy atom. The van der Waals surface area contributed by atoms with E-state index in [-0.39, 0.29) is 11.8 Å². The molecular weight excluding hydrogens is 370 g/mol. The van der Waals surface area contributed by atoms with Gasteiger partial charge in [0.05, 0.1) is 5.56 Å². The molecule has 5 nitrogen and oxygen atoms in total. The second kappa shape index (κ2) is 7.94. The predicted octanol–water partition coefficient (Wildman–Crippen LogP) is 3.36. The summed E-state index contributed by atoms with van der Waals surface area (Å²) in [6.45, 7) is 2.10. The molecular formula is C22H21N3O2S. The lowest BCUT2D eigenvalue weighted by atomic mass is 10.1. The molecule has 3 aromatic rings. The van der Waals surface area contributed by atoms with Crippen LogP contribution in [0.15, 0.2) is 78.0 Å². The maximum absolute atomic E-state index is 12.8. The van der Waals surface area contributed by atoms with Crippen molar-refractivity contribution in [2.24, 2.45) is 0 Å². The zero-order valence-electron chi connectivity index (χ0n) is 15.4. The lowest BCUT2D eigenvalue weighted by Crippen LogP contribution is -2.50. The Labute approximate surface area is 169 Å². The van der Waals surface area contributed by atoms with Crippen LogP contribution in [0.25, 0.3) is 5.69 Å². The van der Waals surface area contributed by atoms with Gasteiger partial charge in [0, 0.05) is 54.7 Å². The summed E-state index contributed by atoms with van der Waals surface area (Å²) in [6, 6.07) is 18.8. The van der Waals surface area contributed by atoms with Crippen molar-refractivity contribution in [3.63, 3.8) is 0 Å². The first kappa shape index (κ1) is 18.4. The number of piperazine rings is 1. The van der Waals surface area contributed by atoms with Crippen molar-refractivity contribution >= 4 is 24.4 Å². The SMILES string of the molecule is O=C(c1ccc(-n2cccc2)cc1)N1CCN(C(=O)c2ccccc2S)CC1. The van der Waals surface area contributed by atoms with E-state index in [1.165, 1.54) is 0 Å². The number of thiol groups is 1. The fraction of sp³-hybridized carbons (Fsp3) is 0.182. The lowest BCUT2D eigenvalue weighted by molar-refractivity contribution is 0.0533. The van der Waals surface area contributed by atoms with E-state index >= 15 is 0 Å². The zero-order valence-corrected chi connectivity index (χ0v) is 16.3. The van der Waals surface area contributed by atoms with Gasteiger partial charge < -0.3 is 14.4 Å². The molecule has 2 aromatic carbocycles. The maximum Gasteiger partial charge on any atom is 0.255 e. The Balaban J connectivity index is 1.39. The molecule has 2 amide bonds. The second-order valence-electron chi connectivity index (χ2n) is 6.74. The first-order chi connectivity index (χ1) is 13.6. The number of benzene rings is 2. The molecule has 0 saturated carbocycles. The monoisotopic (exact) mass is 391 g/mol. The van der Waals surface area contributed by atoms with Gasteiger partial charge in [0.1, 0.15) is 0 Å². The topological polar surface area (TPSA) is 45.6 Å². The van der Waals surface area contributed by atoms with Crippen LogP contribution in [0.4, 0.5) is 0 Å². The van der Waals surface area contributed by atoms with Gasteiger partial charge in [0.15, 0.2) is 0 Å². The van der Waals surface area contributed by atoms with Crippen LogP contribution in [0.3, 0.4) is 0 Å². The minimum atomic E-state index is -0.0335. The molecule has 0 spiro atoms. The van der Waals surface area contributed by atoms with E-state index in [1.54, 1.807) is 15.9 Å². The first-order valence-electron chi connectivity index (χ1n) is 9.23. The summed E-state index contributed by atoms with van der Waals surface area (Å²) in [5, 5.41) is 0. The van der Waals surface area contributed by atoms with E-state index in [0.717, 1.165) is 5.69 Å². The zero-order chi connectivity index (χ0) is 19.5. The van der Waals surface area contributed by atoms with E-state index in [0.29, 0.717) is 42.2 Å². The molecule has 28 heavy (non-hydrogen) atoms. The van der Waals surface area contributed by atoms with Crippen LogP contribution in [0.1, 0.15) is 20.7 Å². The molecule has 1 aliphatic rings. The number of hydrogen-bond donors (Lipinski definition) is 1. The smallest absolute Gasteiger partial charge is 0.255 e. The van der Waals surface area contributed by atoms with Crippen LogP contribution in [0.2, 0.25) is 0 Å². The largest absolute Gasteiger partial charge is 0.335 e. The molecule has 142 valence electrons. The van der Waals surface area contributed by atoms with Crippen LogP contribution >= 0.6 is 12.6 Å². The third-order valence-corrected chi connectivity index (χ3v) is 5.40. The molecule has 0 aliphatic carbocycles. The normalized spacial score (nSPS) is 14.2. The molecule has 1 saturated heterocycles. The van der Waals surface area contributed by atoms with Gasteiger partial charge in [-0.2, -0.15) is 0 Å². The molecule has 2 heterocycles. The minimum Gasteiger partial charge on any atom is -0.335 e. The summed E-state index contributed by atoms with van der Waals surface area (Å²) in [5.41, 5.74) is 2.28. The van der Waals surface area contributed by atoms with Crippen molar-refractivity contribution in [3.8, 4) is 5.69 Å². The number of amides is 2. The Morgan fingerprint density at radius 3 is 1.89 bits per heavy atom. The number of nitrogens with zero attached hydrogens (tertiary/aromatic N) is 3. The molecule has 6 heteroatoms. The third-order valence-electron chi connectivity index (χ3n) is 5.01. The number of carbonyl (C=O) groups excluding carboxylic acids is 2. The van der Waals surface area contributed by atoms with Crippen molar-refractivity contribution < 1.29 is 9.59 Å². The lowest BCUT2D eigenvalue weighted by Gasteiger charge is -2.35. The maximum atomic E-state index is 12.8. The van der Waals surface area contributed by atoms with Gasteiger partial charge >= 0.3 is 0 Å². The average molecular weight is 391 g/mol. The molecule has 1 aromatic heterocycles. The van der Waals surface area contributed by atoms with Crippen LogP contribution in [-0.4, -0.2) is 52.4 Å². The number of carbonyl (C=O) groups is 2. The third kappa shape index (κ3) is 3.68.